The quantitative estimate of drug-likeness (QED) is 0.369. The molecule has 0 aliphatic heterocycles. The van der Waals surface area contributed by atoms with Crippen molar-refractivity contribution in [1.29, 1.82) is 0 Å². The first kappa shape index (κ1) is 22.7. The number of nitrogens with zero attached hydrogens (tertiary/aromatic N) is 2. The lowest BCUT2D eigenvalue weighted by Crippen LogP contribution is -2.36. The number of benzene rings is 2. The molecule has 0 saturated carbocycles. The molecule has 0 aliphatic rings. The van der Waals surface area contributed by atoms with E-state index < -0.39 is 0 Å². The van der Waals surface area contributed by atoms with Crippen LogP contribution in [0.25, 0.3) is 0 Å². The Bertz CT molecular complexity index is 959. The van der Waals surface area contributed by atoms with Gasteiger partial charge in [0.05, 0.1) is 6.54 Å². The Morgan fingerprint density at radius 2 is 1.74 bits per heavy atom. The van der Waals surface area contributed by atoms with Gasteiger partial charge in [0.25, 0.3) is 0 Å². The molecule has 0 aliphatic carbocycles. The molecular weight excluding hydrogens is 382 g/mol. The van der Waals surface area contributed by atoms with Gasteiger partial charge in [-0.05, 0) is 60.7 Å². The van der Waals surface area contributed by atoms with E-state index in [1.807, 2.05) is 17.0 Å². The van der Waals surface area contributed by atoms with E-state index in [-0.39, 0.29) is 6.03 Å². The summed E-state index contributed by atoms with van der Waals surface area (Å²) >= 11 is 0. The Kier molecular flexibility index (Phi) is 8.34. The first-order chi connectivity index (χ1) is 15.1. The summed E-state index contributed by atoms with van der Waals surface area (Å²) in [6.45, 7) is 8.64. The minimum absolute atomic E-state index is 0.0380. The van der Waals surface area contributed by atoms with Gasteiger partial charge in [-0.2, -0.15) is 0 Å². The maximum Gasteiger partial charge on any atom is 0.322 e. The second-order valence-electron chi connectivity index (χ2n) is 8.16. The van der Waals surface area contributed by atoms with E-state index in [0.29, 0.717) is 6.54 Å². The van der Waals surface area contributed by atoms with Crippen LogP contribution in [0.1, 0.15) is 55.5 Å². The maximum atomic E-state index is 13.1. The van der Waals surface area contributed by atoms with E-state index >= 15 is 0 Å². The molecule has 0 spiro atoms. The molecule has 0 unspecified atom stereocenters. The number of nitrogens with one attached hydrogen (secondary N) is 1. The van der Waals surface area contributed by atoms with E-state index in [9.17, 15) is 4.79 Å². The highest BCUT2D eigenvalue weighted by molar-refractivity contribution is 5.89. The molecule has 4 heteroatoms. The molecule has 0 saturated heterocycles. The SMILES string of the molecule is CCCCCN(Cc1cccn1Cc1ccccc1C)C(=O)Nc1ccc(CC)cc1. The standard InChI is InChI=1S/C27H35N3O/c1-4-6-9-18-30(27(31)28-25-16-14-23(5-2)15-17-25)21-26-13-10-19-29(26)20-24-12-8-7-11-22(24)3/h7-8,10-17,19H,4-6,9,18,20-21H2,1-3H3,(H,28,31). The van der Waals surface area contributed by atoms with Gasteiger partial charge in [-0.25, -0.2) is 4.79 Å². The lowest BCUT2D eigenvalue weighted by atomic mass is 10.1. The van der Waals surface area contributed by atoms with Crippen molar-refractivity contribution in [1.82, 2.24) is 9.47 Å². The van der Waals surface area contributed by atoms with Gasteiger partial charge in [0.1, 0.15) is 0 Å². The summed E-state index contributed by atoms with van der Waals surface area (Å²) in [6, 6.07) is 20.7. The van der Waals surface area contributed by atoms with Crippen LogP contribution in [-0.4, -0.2) is 22.0 Å². The van der Waals surface area contributed by atoms with Gasteiger partial charge in [-0.3, -0.25) is 0 Å². The van der Waals surface area contributed by atoms with E-state index in [4.69, 9.17) is 0 Å². The highest BCUT2D eigenvalue weighted by Gasteiger charge is 2.16. The molecule has 1 aromatic heterocycles. The topological polar surface area (TPSA) is 37.3 Å². The van der Waals surface area contributed by atoms with Crippen molar-refractivity contribution in [2.45, 2.75) is 59.5 Å². The number of carbonyl (C=O) groups excluding carboxylic acids is 1. The predicted molar refractivity (Wildman–Crippen MR) is 129 cm³/mol. The predicted octanol–water partition coefficient (Wildman–Crippen LogP) is 6.63. The molecular formula is C27H35N3O. The molecule has 2 amide bonds. The summed E-state index contributed by atoms with van der Waals surface area (Å²) in [5.74, 6) is 0. The molecule has 164 valence electrons. The van der Waals surface area contributed by atoms with Crippen LogP contribution < -0.4 is 5.32 Å². The third-order valence-electron chi connectivity index (χ3n) is 5.81. The number of hydrogen-bond acceptors (Lipinski definition) is 1. The van der Waals surface area contributed by atoms with Gasteiger partial charge in [-0.1, -0.05) is 63.1 Å². The zero-order chi connectivity index (χ0) is 22.1. The van der Waals surface area contributed by atoms with Crippen LogP contribution in [0.2, 0.25) is 0 Å². The van der Waals surface area contributed by atoms with Gasteiger partial charge in [0.2, 0.25) is 0 Å². The Hall–Kier alpha value is -3.01. The van der Waals surface area contributed by atoms with Gasteiger partial charge in [0, 0.05) is 30.7 Å². The third-order valence-corrected chi connectivity index (χ3v) is 5.81. The Labute approximate surface area is 186 Å². The number of hydrogen-bond donors (Lipinski definition) is 1. The van der Waals surface area contributed by atoms with E-state index in [0.717, 1.165) is 50.2 Å². The maximum absolute atomic E-state index is 13.1. The van der Waals surface area contributed by atoms with Crippen molar-refractivity contribution >= 4 is 11.7 Å². The van der Waals surface area contributed by atoms with Gasteiger partial charge in [-0.15, -0.1) is 0 Å². The number of aromatic nitrogens is 1. The van der Waals surface area contributed by atoms with Crippen molar-refractivity contribution in [3.63, 3.8) is 0 Å². The molecule has 0 atom stereocenters. The van der Waals surface area contributed by atoms with Crippen molar-refractivity contribution in [2.75, 3.05) is 11.9 Å². The molecule has 0 fully saturated rings. The number of rotatable bonds is 10. The molecule has 4 nitrogen and oxygen atoms in total. The summed E-state index contributed by atoms with van der Waals surface area (Å²) < 4.78 is 2.25. The van der Waals surface area contributed by atoms with Gasteiger partial charge < -0.3 is 14.8 Å². The molecule has 0 radical (unpaired) electrons. The van der Waals surface area contributed by atoms with E-state index in [1.165, 1.54) is 16.7 Å². The molecule has 3 rings (SSSR count). The summed E-state index contributed by atoms with van der Waals surface area (Å²) in [5.41, 5.74) is 5.86. The average Bonchev–Trinajstić information content (AvgIpc) is 3.22. The van der Waals surface area contributed by atoms with Crippen LogP contribution >= 0.6 is 0 Å². The molecule has 1 heterocycles. The summed E-state index contributed by atoms with van der Waals surface area (Å²) in [4.78, 5) is 15.1. The monoisotopic (exact) mass is 417 g/mol. The zero-order valence-electron chi connectivity index (χ0n) is 19.1. The van der Waals surface area contributed by atoms with Crippen molar-refractivity contribution in [3.05, 3.63) is 89.2 Å². The molecule has 31 heavy (non-hydrogen) atoms. The van der Waals surface area contributed by atoms with Crippen molar-refractivity contribution in [3.8, 4) is 0 Å². The number of anilines is 1. The second-order valence-corrected chi connectivity index (χ2v) is 8.16. The fourth-order valence-electron chi connectivity index (χ4n) is 3.75. The first-order valence-corrected chi connectivity index (χ1v) is 11.4. The summed E-state index contributed by atoms with van der Waals surface area (Å²) in [6.07, 6.45) is 6.37. The van der Waals surface area contributed by atoms with Crippen LogP contribution in [0.15, 0.2) is 66.9 Å². The lowest BCUT2D eigenvalue weighted by molar-refractivity contribution is 0.206. The minimum Gasteiger partial charge on any atom is -0.345 e. The van der Waals surface area contributed by atoms with Crippen molar-refractivity contribution in [2.24, 2.45) is 0 Å². The summed E-state index contributed by atoms with van der Waals surface area (Å²) in [7, 11) is 0. The van der Waals surface area contributed by atoms with E-state index in [2.05, 4.69) is 85.4 Å². The van der Waals surface area contributed by atoms with Crippen LogP contribution in [0.3, 0.4) is 0 Å². The molecule has 0 bridgehead atoms. The minimum atomic E-state index is -0.0380. The second kappa shape index (κ2) is 11.4. The lowest BCUT2D eigenvalue weighted by Gasteiger charge is -2.24. The Morgan fingerprint density at radius 3 is 2.45 bits per heavy atom. The highest BCUT2D eigenvalue weighted by atomic mass is 16.2. The molecule has 2 aromatic carbocycles. The third kappa shape index (κ3) is 6.48. The fraction of sp³-hybridized carbons (Fsp3) is 0.370. The van der Waals surface area contributed by atoms with Crippen LogP contribution in [0.5, 0.6) is 0 Å². The number of urea groups is 1. The van der Waals surface area contributed by atoms with Crippen LogP contribution in [0.4, 0.5) is 10.5 Å². The van der Waals surface area contributed by atoms with Gasteiger partial charge in [0.15, 0.2) is 0 Å². The summed E-state index contributed by atoms with van der Waals surface area (Å²) in [5, 5.41) is 3.09. The number of aryl methyl sites for hydroxylation is 2. The highest BCUT2D eigenvalue weighted by Crippen LogP contribution is 2.16. The Balaban J connectivity index is 1.72. The van der Waals surface area contributed by atoms with Crippen LogP contribution in [-0.2, 0) is 19.5 Å². The number of amides is 2. The largest absolute Gasteiger partial charge is 0.345 e. The van der Waals surface area contributed by atoms with Crippen molar-refractivity contribution < 1.29 is 4.79 Å². The number of carbonyl (C=O) groups is 1. The first-order valence-electron chi connectivity index (χ1n) is 11.4. The Morgan fingerprint density at radius 1 is 0.968 bits per heavy atom. The number of unbranched alkanes of at least 4 members (excludes halogenated alkanes) is 2. The zero-order valence-corrected chi connectivity index (χ0v) is 19.1. The fourth-order valence-corrected chi connectivity index (χ4v) is 3.75. The molecule has 3 aromatic rings. The van der Waals surface area contributed by atoms with Crippen LogP contribution in [0, 0.1) is 6.92 Å². The normalized spacial score (nSPS) is 10.8. The smallest absolute Gasteiger partial charge is 0.322 e. The van der Waals surface area contributed by atoms with E-state index in [1.54, 1.807) is 0 Å². The van der Waals surface area contributed by atoms with Gasteiger partial charge >= 0.3 is 6.03 Å². The molecule has 1 N–H and O–H groups in total. The average molecular weight is 418 g/mol.